The molecule has 0 heterocycles. The fraction of sp³-hybridized carbons (Fsp3) is 0.571. The van der Waals surface area contributed by atoms with Gasteiger partial charge in [-0.1, -0.05) is 37.1 Å². The van der Waals surface area contributed by atoms with Crippen molar-refractivity contribution >= 4 is 11.6 Å². The third kappa shape index (κ3) is 2.78. The average Bonchev–Trinajstić information content (AvgIpc) is 2.75. The van der Waals surface area contributed by atoms with E-state index in [1.807, 2.05) is 12.1 Å². The van der Waals surface area contributed by atoms with E-state index in [9.17, 15) is 0 Å². The van der Waals surface area contributed by atoms with Gasteiger partial charge in [0.25, 0.3) is 0 Å². The standard InChI is InChI=1S/C14H20ClN/c1-2-16-10-12-4-3-5-14(12)11-6-8-13(15)9-7-11/h6-9,12,14,16H,2-5,10H2,1H3. The first-order valence-corrected chi connectivity index (χ1v) is 6.65. The second kappa shape index (κ2) is 5.70. The second-order valence-corrected chi connectivity index (χ2v) is 5.09. The van der Waals surface area contributed by atoms with Gasteiger partial charge in [-0.3, -0.25) is 0 Å². The Morgan fingerprint density at radius 3 is 2.69 bits per heavy atom. The van der Waals surface area contributed by atoms with Crippen LogP contribution in [0.2, 0.25) is 5.02 Å². The van der Waals surface area contributed by atoms with Gasteiger partial charge in [0.05, 0.1) is 0 Å². The SMILES string of the molecule is CCNCC1CCCC1c1ccc(Cl)cc1. The molecule has 1 N–H and O–H groups in total. The minimum absolute atomic E-state index is 0.733. The lowest BCUT2D eigenvalue weighted by molar-refractivity contribution is 0.450. The third-order valence-corrected chi connectivity index (χ3v) is 3.87. The average molecular weight is 238 g/mol. The van der Waals surface area contributed by atoms with Crippen LogP contribution in [0.1, 0.15) is 37.7 Å². The van der Waals surface area contributed by atoms with E-state index in [1.165, 1.54) is 24.8 Å². The largest absolute Gasteiger partial charge is 0.317 e. The van der Waals surface area contributed by atoms with Crippen molar-refractivity contribution in [2.75, 3.05) is 13.1 Å². The first-order valence-electron chi connectivity index (χ1n) is 6.27. The van der Waals surface area contributed by atoms with E-state index >= 15 is 0 Å². The minimum Gasteiger partial charge on any atom is -0.317 e. The number of hydrogen-bond acceptors (Lipinski definition) is 1. The highest BCUT2D eigenvalue weighted by atomic mass is 35.5. The van der Waals surface area contributed by atoms with Crippen LogP contribution in [0.15, 0.2) is 24.3 Å². The summed E-state index contributed by atoms with van der Waals surface area (Å²) in [7, 11) is 0. The Morgan fingerprint density at radius 1 is 1.25 bits per heavy atom. The van der Waals surface area contributed by atoms with E-state index in [4.69, 9.17) is 11.6 Å². The van der Waals surface area contributed by atoms with Crippen molar-refractivity contribution < 1.29 is 0 Å². The number of nitrogens with one attached hydrogen (secondary N) is 1. The molecular formula is C14H20ClN. The number of halogens is 1. The lowest BCUT2D eigenvalue weighted by atomic mass is 9.89. The number of benzene rings is 1. The summed E-state index contributed by atoms with van der Waals surface area (Å²) >= 11 is 5.93. The normalized spacial score (nSPS) is 24.9. The molecule has 0 spiro atoms. The van der Waals surface area contributed by atoms with Crippen LogP contribution in [0.5, 0.6) is 0 Å². The Hall–Kier alpha value is -0.530. The van der Waals surface area contributed by atoms with Crippen LogP contribution in [0, 0.1) is 5.92 Å². The molecule has 0 aliphatic heterocycles. The fourth-order valence-electron chi connectivity index (χ4n) is 2.76. The molecule has 2 rings (SSSR count). The fourth-order valence-corrected chi connectivity index (χ4v) is 2.89. The summed E-state index contributed by atoms with van der Waals surface area (Å²) in [5.41, 5.74) is 1.46. The van der Waals surface area contributed by atoms with E-state index in [0.717, 1.165) is 29.9 Å². The smallest absolute Gasteiger partial charge is 0.0406 e. The van der Waals surface area contributed by atoms with Crippen molar-refractivity contribution in [2.45, 2.75) is 32.1 Å². The summed E-state index contributed by atoms with van der Waals surface area (Å²) in [6.07, 6.45) is 4.06. The molecule has 1 aromatic carbocycles. The van der Waals surface area contributed by atoms with Crippen LogP contribution in [0.25, 0.3) is 0 Å². The predicted octanol–water partition coefficient (Wildman–Crippen LogP) is 3.83. The maximum Gasteiger partial charge on any atom is 0.0406 e. The third-order valence-electron chi connectivity index (χ3n) is 3.61. The van der Waals surface area contributed by atoms with E-state index in [0.29, 0.717) is 0 Å². The molecule has 0 aromatic heterocycles. The molecule has 1 aliphatic carbocycles. The lowest BCUT2D eigenvalue weighted by Gasteiger charge is -2.20. The molecule has 2 heteroatoms. The van der Waals surface area contributed by atoms with Gasteiger partial charge in [-0.15, -0.1) is 0 Å². The maximum absolute atomic E-state index is 5.93. The Balaban J connectivity index is 2.04. The van der Waals surface area contributed by atoms with Gasteiger partial charge in [-0.05, 0) is 55.5 Å². The monoisotopic (exact) mass is 237 g/mol. The number of hydrogen-bond donors (Lipinski definition) is 1. The first-order chi connectivity index (χ1) is 7.81. The van der Waals surface area contributed by atoms with Gasteiger partial charge < -0.3 is 5.32 Å². The summed E-state index contributed by atoms with van der Waals surface area (Å²) in [5, 5.41) is 4.31. The second-order valence-electron chi connectivity index (χ2n) is 4.66. The quantitative estimate of drug-likeness (QED) is 0.839. The van der Waals surface area contributed by atoms with Gasteiger partial charge in [0.1, 0.15) is 0 Å². The van der Waals surface area contributed by atoms with Gasteiger partial charge in [0.2, 0.25) is 0 Å². The summed E-state index contributed by atoms with van der Waals surface area (Å²) < 4.78 is 0. The zero-order valence-electron chi connectivity index (χ0n) is 9.88. The van der Waals surface area contributed by atoms with Crippen LogP contribution in [-0.2, 0) is 0 Å². The maximum atomic E-state index is 5.93. The molecule has 1 saturated carbocycles. The molecule has 16 heavy (non-hydrogen) atoms. The molecule has 0 saturated heterocycles. The molecule has 2 atom stereocenters. The molecule has 88 valence electrons. The first kappa shape index (κ1) is 11.9. The zero-order chi connectivity index (χ0) is 11.4. The van der Waals surface area contributed by atoms with Crippen molar-refractivity contribution in [1.29, 1.82) is 0 Å². The van der Waals surface area contributed by atoms with Crippen molar-refractivity contribution in [3.8, 4) is 0 Å². The Labute approximate surface area is 103 Å². The summed E-state index contributed by atoms with van der Waals surface area (Å²) in [6, 6.07) is 8.41. The Kier molecular flexibility index (Phi) is 4.25. The van der Waals surface area contributed by atoms with Gasteiger partial charge in [-0.25, -0.2) is 0 Å². The van der Waals surface area contributed by atoms with Crippen LogP contribution in [0.4, 0.5) is 0 Å². The van der Waals surface area contributed by atoms with Crippen LogP contribution in [-0.4, -0.2) is 13.1 Å². The highest BCUT2D eigenvalue weighted by Crippen LogP contribution is 2.39. The summed E-state index contributed by atoms with van der Waals surface area (Å²) in [5.74, 6) is 1.54. The van der Waals surface area contributed by atoms with E-state index in [-0.39, 0.29) is 0 Å². The van der Waals surface area contributed by atoms with E-state index in [2.05, 4.69) is 24.4 Å². The molecule has 1 nitrogen and oxygen atoms in total. The molecule has 0 bridgehead atoms. The van der Waals surface area contributed by atoms with Crippen LogP contribution >= 0.6 is 11.6 Å². The van der Waals surface area contributed by atoms with Gasteiger partial charge in [0, 0.05) is 5.02 Å². The Bertz CT molecular complexity index is 320. The van der Waals surface area contributed by atoms with E-state index < -0.39 is 0 Å². The molecule has 1 aromatic rings. The summed E-state index contributed by atoms with van der Waals surface area (Å²) in [6.45, 7) is 4.40. The number of rotatable bonds is 4. The predicted molar refractivity (Wildman–Crippen MR) is 70.1 cm³/mol. The Morgan fingerprint density at radius 2 is 2.00 bits per heavy atom. The van der Waals surface area contributed by atoms with Gasteiger partial charge in [-0.2, -0.15) is 0 Å². The van der Waals surface area contributed by atoms with Crippen LogP contribution < -0.4 is 5.32 Å². The van der Waals surface area contributed by atoms with Crippen molar-refractivity contribution in [2.24, 2.45) is 5.92 Å². The summed E-state index contributed by atoms with van der Waals surface area (Å²) in [4.78, 5) is 0. The zero-order valence-corrected chi connectivity index (χ0v) is 10.6. The molecule has 2 unspecified atom stereocenters. The van der Waals surface area contributed by atoms with Crippen molar-refractivity contribution in [3.05, 3.63) is 34.9 Å². The van der Waals surface area contributed by atoms with Gasteiger partial charge in [0.15, 0.2) is 0 Å². The van der Waals surface area contributed by atoms with E-state index in [1.54, 1.807) is 0 Å². The van der Waals surface area contributed by atoms with Gasteiger partial charge >= 0.3 is 0 Å². The molecule has 1 fully saturated rings. The van der Waals surface area contributed by atoms with Crippen LogP contribution in [0.3, 0.4) is 0 Å². The lowest BCUT2D eigenvalue weighted by Crippen LogP contribution is -2.24. The molecule has 0 amide bonds. The van der Waals surface area contributed by atoms with Crippen molar-refractivity contribution in [3.63, 3.8) is 0 Å². The highest BCUT2D eigenvalue weighted by Gasteiger charge is 2.27. The molecule has 1 aliphatic rings. The molecule has 0 radical (unpaired) electrons. The molecular weight excluding hydrogens is 218 g/mol. The minimum atomic E-state index is 0.733. The topological polar surface area (TPSA) is 12.0 Å². The highest BCUT2D eigenvalue weighted by molar-refractivity contribution is 6.30. The van der Waals surface area contributed by atoms with Crippen molar-refractivity contribution in [1.82, 2.24) is 5.32 Å².